The molecule has 0 bridgehead atoms. The van der Waals surface area contributed by atoms with Gasteiger partial charge < -0.3 is 11.1 Å². The number of nitrogens with zero attached hydrogens (tertiary/aromatic N) is 2. The van der Waals surface area contributed by atoms with Crippen molar-refractivity contribution < 1.29 is 4.79 Å². The first kappa shape index (κ1) is 15.9. The molecule has 2 aromatic rings. The van der Waals surface area contributed by atoms with Crippen LogP contribution in [0.25, 0.3) is 0 Å². The number of rotatable bonds is 6. The van der Waals surface area contributed by atoms with Gasteiger partial charge in [0.05, 0.1) is 5.54 Å². The number of hydrogen-bond acceptors (Lipinski definition) is 6. The molecule has 1 amide bonds. The summed E-state index contributed by atoms with van der Waals surface area (Å²) in [5.41, 5.74) is 7.62. The van der Waals surface area contributed by atoms with Crippen LogP contribution in [0.3, 0.4) is 0 Å². The second-order valence-electron chi connectivity index (χ2n) is 4.95. The third-order valence-electron chi connectivity index (χ3n) is 2.95. The summed E-state index contributed by atoms with van der Waals surface area (Å²) in [6, 6.07) is 7.61. The van der Waals surface area contributed by atoms with Crippen LogP contribution >= 0.6 is 23.1 Å². The normalized spacial score (nSPS) is 13.7. The number of carbonyl (C=O) groups excluding carboxylic acids is 1. The van der Waals surface area contributed by atoms with Crippen LogP contribution in [0.15, 0.2) is 39.0 Å². The Bertz CT molecular complexity index is 582. The molecule has 1 aromatic heterocycles. The summed E-state index contributed by atoms with van der Waals surface area (Å²) in [5.74, 6) is -0.158. The molecule has 0 fully saturated rings. The van der Waals surface area contributed by atoms with Gasteiger partial charge in [-0.15, -0.1) is 10.2 Å². The van der Waals surface area contributed by atoms with Crippen LogP contribution in [0.1, 0.15) is 26.7 Å². The Labute approximate surface area is 132 Å². The molecular weight excluding hydrogens is 304 g/mol. The number of aromatic nitrogens is 2. The first-order valence-corrected chi connectivity index (χ1v) is 8.35. The first-order valence-electron chi connectivity index (χ1n) is 6.65. The standard InChI is InChI=1S/C14H18N4OS2/c1-3-8-14(2,15)12(19)17-10-4-6-11(7-5-10)21-13-18-16-9-20-13/h4-7,9H,3,8,15H2,1-2H3,(H,17,19). The van der Waals surface area contributed by atoms with Crippen molar-refractivity contribution in [3.8, 4) is 0 Å². The molecule has 0 radical (unpaired) electrons. The Hall–Kier alpha value is -1.44. The summed E-state index contributed by atoms with van der Waals surface area (Å²) in [4.78, 5) is 13.2. The molecule has 1 aromatic carbocycles. The van der Waals surface area contributed by atoms with Crippen LogP contribution < -0.4 is 11.1 Å². The van der Waals surface area contributed by atoms with Crippen LogP contribution in [0, 0.1) is 0 Å². The molecule has 5 nitrogen and oxygen atoms in total. The molecule has 1 heterocycles. The lowest BCUT2D eigenvalue weighted by Gasteiger charge is -2.22. The fourth-order valence-corrected chi connectivity index (χ4v) is 3.27. The molecule has 0 aliphatic heterocycles. The van der Waals surface area contributed by atoms with Gasteiger partial charge in [0.2, 0.25) is 5.91 Å². The van der Waals surface area contributed by atoms with Crippen molar-refractivity contribution in [2.75, 3.05) is 5.32 Å². The maximum Gasteiger partial charge on any atom is 0.244 e. The highest BCUT2D eigenvalue weighted by Crippen LogP contribution is 2.29. The molecule has 21 heavy (non-hydrogen) atoms. The highest BCUT2D eigenvalue weighted by Gasteiger charge is 2.27. The van der Waals surface area contributed by atoms with Gasteiger partial charge >= 0.3 is 0 Å². The van der Waals surface area contributed by atoms with E-state index in [9.17, 15) is 4.79 Å². The van der Waals surface area contributed by atoms with Crippen LogP contribution in [0.4, 0.5) is 5.69 Å². The first-order chi connectivity index (χ1) is 10.0. The fraction of sp³-hybridized carbons (Fsp3) is 0.357. The molecule has 2 rings (SSSR count). The zero-order chi connectivity index (χ0) is 15.3. The minimum atomic E-state index is -0.839. The number of carbonyl (C=O) groups is 1. The van der Waals surface area contributed by atoms with Gasteiger partial charge in [-0.05, 0) is 37.6 Å². The van der Waals surface area contributed by atoms with Gasteiger partial charge in [-0.1, -0.05) is 36.4 Å². The summed E-state index contributed by atoms with van der Waals surface area (Å²) < 4.78 is 0.893. The third kappa shape index (κ3) is 4.52. The predicted molar refractivity (Wildman–Crippen MR) is 86.6 cm³/mol. The van der Waals surface area contributed by atoms with Gasteiger partial charge in [0, 0.05) is 10.6 Å². The van der Waals surface area contributed by atoms with Crippen molar-refractivity contribution in [2.45, 2.75) is 41.5 Å². The topological polar surface area (TPSA) is 80.9 Å². The van der Waals surface area contributed by atoms with Gasteiger partial charge in [-0.25, -0.2) is 0 Å². The van der Waals surface area contributed by atoms with E-state index < -0.39 is 5.54 Å². The summed E-state index contributed by atoms with van der Waals surface area (Å²) in [6.45, 7) is 3.77. The highest BCUT2D eigenvalue weighted by atomic mass is 32.2. The second-order valence-corrected chi connectivity index (χ2v) is 7.11. The average molecular weight is 322 g/mol. The molecule has 1 atom stereocenters. The Kier molecular flexibility index (Phi) is 5.33. The minimum absolute atomic E-state index is 0.158. The van der Waals surface area contributed by atoms with Crippen molar-refractivity contribution in [2.24, 2.45) is 5.73 Å². The lowest BCUT2D eigenvalue weighted by atomic mass is 9.96. The van der Waals surface area contributed by atoms with E-state index in [-0.39, 0.29) is 5.91 Å². The molecule has 0 saturated heterocycles. The van der Waals surface area contributed by atoms with E-state index in [1.807, 2.05) is 31.2 Å². The summed E-state index contributed by atoms with van der Waals surface area (Å²) in [6.07, 6.45) is 1.53. The molecule has 0 aliphatic carbocycles. The van der Waals surface area contributed by atoms with E-state index in [0.717, 1.165) is 21.3 Å². The molecule has 1 unspecified atom stereocenters. The molecule has 0 aliphatic rings. The highest BCUT2D eigenvalue weighted by molar-refractivity contribution is 8.01. The Balaban J connectivity index is 1.97. The Morgan fingerprint density at radius 2 is 2.14 bits per heavy atom. The minimum Gasteiger partial charge on any atom is -0.325 e. The smallest absolute Gasteiger partial charge is 0.244 e. The van der Waals surface area contributed by atoms with E-state index in [2.05, 4.69) is 15.5 Å². The molecule has 7 heteroatoms. The lowest BCUT2D eigenvalue weighted by Crippen LogP contribution is -2.48. The van der Waals surface area contributed by atoms with Gasteiger partial charge in [0.1, 0.15) is 5.51 Å². The average Bonchev–Trinajstić information content (AvgIpc) is 2.94. The molecule has 0 saturated carbocycles. The molecule has 0 spiro atoms. The zero-order valence-corrected chi connectivity index (χ0v) is 13.6. The number of anilines is 1. The van der Waals surface area contributed by atoms with Crippen LogP contribution in [0.5, 0.6) is 0 Å². The maximum absolute atomic E-state index is 12.1. The van der Waals surface area contributed by atoms with Gasteiger partial charge in [0.15, 0.2) is 4.34 Å². The molecule has 3 N–H and O–H groups in total. The Morgan fingerprint density at radius 3 is 2.71 bits per heavy atom. The number of nitrogens with one attached hydrogen (secondary N) is 1. The van der Waals surface area contributed by atoms with E-state index in [4.69, 9.17) is 5.73 Å². The maximum atomic E-state index is 12.1. The largest absolute Gasteiger partial charge is 0.325 e. The van der Waals surface area contributed by atoms with Crippen LogP contribution in [-0.2, 0) is 4.79 Å². The third-order valence-corrected chi connectivity index (χ3v) is 4.73. The van der Waals surface area contributed by atoms with Crippen molar-refractivity contribution in [1.82, 2.24) is 10.2 Å². The molecular formula is C14H18N4OS2. The SMILES string of the molecule is CCCC(C)(N)C(=O)Nc1ccc(Sc2nncs2)cc1. The fourth-order valence-electron chi connectivity index (χ4n) is 1.82. The van der Waals surface area contributed by atoms with Gasteiger partial charge in [0.25, 0.3) is 0 Å². The van der Waals surface area contributed by atoms with Crippen molar-refractivity contribution in [3.05, 3.63) is 29.8 Å². The zero-order valence-electron chi connectivity index (χ0n) is 12.0. The summed E-state index contributed by atoms with van der Waals surface area (Å²) in [5, 5.41) is 10.6. The monoisotopic (exact) mass is 322 g/mol. The predicted octanol–water partition coefficient (Wildman–Crippen LogP) is 3.15. The number of amides is 1. The van der Waals surface area contributed by atoms with E-state index in [0.29, 0.717) is 6.42 Å². The lowest BCUT2D eigenvalue weighted by molar-refractivity contribution is -0.120. The van der Waals surface area contributed by atoms with Crippen LogP contribution in [0.2, 0.25) is 0 Å². The quantitative estimate of drug-likeness (QED) is 0.854. The summed E-state index contributed by atoms with van der Waals surface area (Å²) in [7, 11) is 0. The Morgan fingerprint density at radius 1 is 1.43 bits per heavy atom. The van der Waals surface area contributed by atoms with E-state index in [1.54, 1.807) is 24.2 Å². The number of nitrogens with two attached hydrogens (primary N) is 1. The van der Waals surface area contributed by atoms with Gasteiger partial charge in [-0.3, -0.25) is 4.79 Å². The van der Waals surface area contributed by atoms with Crippen LogP contribution in [-0.4, -0.2) is 21.6 Å². The van der Waals surface area contributed by atoms with E-state index in [1.165, 1.54) is 11.3 Å². The van der Waals surface area contributed by atoms with Crippen molar-refractivity contribution >= 4 is 34.7 Å². The van der Waals surface area contributed by atoms with Crippen molar-refractivity contribution in [3.63, 3.8) is 0 Å². The summed E-state index contributed by atoms with van der Waals surface area (Å²) >= 11 is 3.04. The second kappa shape index (κ2) is 7.02. The molecule has 112 valence electrons. The van der Waals surface area contributed by atoms with Gasteiger partial charge in [-0.2, -0.15) is 0 Å². The number of hydrogen-bond donors (Lipinski definition) is 2. The van der Waals surface area contributed by atoms with E-state index >= 15 is 0 Å². The number of benzene rings is 1. The van der Waals surface area contributed by atoms with Crippen molar-refractivity contribution in [1.29, 1.82) is 0 Å².